The second-order valence-corrected chi connectivity index (χ2v) is 6.34. The predicted octanol–water partition coefficient (Wildman–Crippen LogP) is 3.83. The molecule has 20 heavy (non-hydrogen) atoms. The molecule has 4 nitrogen and oxygen atoms in total. The molecule has 0 saturated heterocycles. The van der Waals surface area contributed by atoms with Gasteiger partial charge in [0.25, 0.3) is 0 Å². The molecular weight excluding hydrogens is 297 g/mol. The van der Waals surface area contributed by atoms with Gasteiger partial charge in [-0.05, 0) is 37.1 Å². The smallest absolute Gasteiger partial charge is 0.321 e. The number of nitrogens with two attached hydrogens (primary N) is 1. The fraction of sp³-hybridized carbons (Fsp3) is 0.500. The maximum atomic E-state index is 12.2. The fourth-order valence-corrected chi connectivity index (χ4v) is 2.26. The van der Waals surface area contributed by atoms with Gasteiger partial charge in [-0.15, -0.1) is 0 Å². The van der Waals surface area contributed by atoms with Crippen molar-refractivity contribution >= 4 is 34.9 Å². The second-order valence-electron chi connectivity index (χ2n) is 5.47. The van der Waals surface area contributed by atoms with E-state index in [9.17, 15) is 4.79 Å². The van der Waals surface area contributed by atoms with E-state index in [0.29, 0.717) is 35.4 Å². The van der Waals surface area contributed by atoms with Crippen molar-refractivity contribution in [3.8, 4) is 0 Å². The molecule has 1 rings (SSSR count). The molecule has 6 heteroatoms. The van der Waals surface area contributed by atoms with Crippen LogP contribution in [0.25, 0.3) is 0 Å². The Morgan fingerprint density at radius 3 is 2.30 bits per heavy atom. The van der Waals surface area contributed by atoms with Gasteiger partial charge in [0.2, 0.25) is 0 Å². The zero-order valence-electron chi connectivity index (χ0n) is 12.0. The molecule has 0 aliphatic rings. The minimum absolute atomic E-state index is 0.126. The van der Waals surface area contributed by atoms with Crippen LogP contribution in [0.3, 0.4) is 0 Å². The standard InChI is InChI=1S/C14H21Cl2N3O/c1-4-19(9-14(2,3)8-17)13(20)18-12-6-10(15)5-11(16)7-12/h5-7H,4,8-9,17H2,1-3H3,(H,18,20). The summed E-state index contributed by atoms with van der Waals surface area (Å²) in [5.74, 6) is 0. The van der Waals surface area contributed by atoms with E-state index in [-0.39, 0.29) is 11.4 Å². The van der Waals surface area contributed by atoms with E-state index in [4.69, 9.17) is 28.9 Å². The number of rotatable bonds is 5. The summed E-state index contributed by atoms with van der Waals surface area (Å²) in [6.07, 6.45) is 0. The van der Waals surface area contributed by atoms with Gasteiger partial charge in [-0.25, -0.2) is 4.79 Å². The van der Waals surface area contributed by atoms with Gasteiger partial charge in [0.05, 0.1) is 0 Å². The topological polar surface area (TPSA) is 58.4 Å². The molecule has 1 aromatic rings. The highest BCUT2D eigenvalue weighted by Crippen LogP contribution is 2.23. The largest absolute Gasteiger partial charge is 0.330 e. The average molecular weight is 318 g/mol. The summed E-state index contributed by atoms with van der Waals surface area (Å²) in [4.78, 5) is 14.0. The molecule has 0 heterocycles. The Balaban J connectivity index is 2.77. The highest BCUT2D eigenvalue weighted by Gasteiger charge is 2.22. The van der Waals surface area contributed by atoms with Crippen LogP contribution in [0.5, 0.6) is 0 Å². The number of halogens is 2. The van der Waals surface area contributed by atoms with E-state index in [2.05, 4.69) is 5.32 Å². The van der Waals surface area contributed by atoms with Crippen LogP contribution in [0, 0.1) is 5.41 Å². The molecule has 0 atom stereocenters. The van der Waals surface area contributed by atoms with Crippen molar-refractivity contribution in [3.05, 3.63) is 28.2 Å². The van der Waals surface area contributed by atoms with E-state index in [1.807, 2.05) is 20.8 Å². The summed E-state index contributed by atoms with van der Waals surface area (Å²) in [5.41, 5.74) is 6.16. The zero-order valence-corrected chi connectivity index (χ0v) is 13.6. The first-order valence-electron chi connectivity index (χ1n) is 6.49. The molecule has 0 aliphatic carbocycles. The quantitative estimate of drug-likeness (QED) is 0.867. The van der Waals surface area contributed by atoms with E-state index >= 15 is 0 Å². The number of anilines is 1. The minimum atomic E-state index is -0.188. The number of amides is 2. The Bertz CT molecular complexity index is 457. The Labute approximate surface area is 130 Å². The summed E-state index contributed by atoms with van der Waals surface area (Å²) in [6.45, 7) is 7.68. The van der Waals surface area contributed by atoms with Gasteiger partial charge in [0.1, 0.15) is 0 Å². The Hall–Kier alpha value is -0.970. The number of carbonyl (C=O) groups excluding carboxylic acids is 1. The van der Waals surface area contributed by atoms with Crippen molar-refractivity contribution in [3.63, 3.8) is 0 Å². The van der Waals surface area contributed by atoms with Crippen LogP contribution in [-0.2, 0) is 0 Å². The third-order valence-electron chi connectivity index (χ3n) is 2.95. The molecule has 0 aromatic heterocycles. The molecule has 1 aromatic carbocycles. The first kappa shape index (κ1) is 17.1. The third-order valence-corrected chi connectivity index (χ3v) is 3.39. The van der Waals surface area contributed by atoms with Crippen molar-refractivity contribution in [2.75, 3.05) is 25.0 Å². The molecule has 0 unspecified atom stereocenters. The number of nitrogens with one attached hydrogen (secondary N) is 1. The van der Waals surface area contributed by atoms with Gasteiger partial charge in [-0.3, -0.25) is 0 Å². The zero-order chi connectivity index (χ0) is 15.3. The van der Waals surface area contributed by atoms with E-state index in [1.165, 1.54) is 0 Å². The Kier molecular flexibility index (Phi) is 6.11. The summed E-state index contributed by atoms with van der Waals surface area (Å²) >= 11 is 11.8. The minimum Gasteiger partial charge on any atom is -0.330 e. The maximum absolute atomic E-state index is 12.2. The van der Waals surface area contributed by atoms with Gasteiger partial charge in [-0.2, -0.15) is 0 Å². The lowest BCUT2D eigenvalue weighted by atomic mass is 9.93. The van der Waals surface area contributed by atoms with Crippen LogP contribution < -0.4 is 11.1 Å². The first-order chi connectivity index (χ1) is 9.27. The van der Waals surface area contributed by atoms with Gasteiger partial charge in [-0.1, -0.05) is 37.0 Å². The van der Waals surface area contributed by atoms with Crippen molar-refractivity contribution in [2.24, 2.45) is 11.1 Å². The monoisotopic (exact) mass is 317 g/mol. The molecule has 112 valence electrons. The molecule has 0 saturated carbocycles. The van der Waals surface area contributed by atoms with Gasteiger partial charge in [0.15, 0.2) is 0 Å². The van der Waals surface area contributed by atoms with Crippen LogP contribution >= 0.6 is 23.2 Å². The predicted molar refractivity (Wildman–Crippen MR) is 85.6 cm³/mol. The molecular formula is C14H21Cl2N3O. The molecule has 0 aliphatic heterocycles. The highest BCUT2D eigenvalue weighted by molar-refractivity contribution is 6.35. The summed E-state index contributed by atoms with van der Waals surface area (Å²) in [7, 11) is 0. The van der Waals surface area contributed by atoms with Crippen LogP contribution in [0.4, 0.5) is 10.5 Å². The second kappa shape index (κ2) is 7.16. The van der Waals surface area contributed by atoms with Crippen molar-refractivity contribution < 1.29 is 4.79 Å². The average Bonchev–Trinajstić information content (AvgIpc) is 2.34. The van der Waals surface area contributed by atoms with E-state index < -0.39 is 0 Å². The lowest BCUT2D eigenvalue weighted by Gasteiger charge is -2.31. The third kappa shape index (κ3) is 5.19. The number of hydrogen-bond donors (Lipinski definition) is 2. The van der Waals surface area contributed by atoms with Gasteiger partial charge < -0.3 is 16.0 Å². The molecule has 0 bridgehead atoms. The molecule has 0 spiro atoms. The first-order valence-corrected chi connectivity index (χ1v) is 7.25. The van der Waals surface area contributed by atoms with Crippen LogP contribution in [0.1, 0.15) is 20.8 Å². The summed E-state index contributed by atoms with van der Waals surface area (Å²) in [5, 5.41) is 3.77. The van der Waals surface area contributed by atoms with E-state index in [0.717, 1.165) is 0 Å². The lowest BCUT2D eigenvalue weighted by Crippen LogP contribution is -2.43. The van der Waals surface area contributed by atoms with Crippen LogP contribution in [0.2, 0.25) is 10.0 Å². The number of urea groups is 1. The number of carbonyl (C=O) groups is 1. The normalized spacial score (nSPS) is 11.3. The van der Waals surface area contributed by atoms with Crippen molar-refractivity contribution in [1.29, 1.82) is 0 Å². The van der Waals surface area contributed by atoms with E-state index in [1.54, 1.807) is 23.1 Å². The fourth-order valence-electron chi connectivity index (χ4n) is 1.74. The van der Waals surface area contributed by atoms with Crippen LogP contribution in [-0.4, -0.2) is 30.6 Å². The number of nitrogens with zero attached hydrogens (tertiary/aromatic N) is 1. The number of benzene rings is 1. The maximum Gasteiger partial charge on any atom is 0.321 e. The van der Waals surface area contributed by atoms with Crippen LogP contribution in [0.15, 0.2) is 18.2 Å². The van der Waals surface area contributed by atoms with Gasteiger partial charge >= 0.3 is 6.03 Å². The number of hydrogen-bond acceptors (Lipinski definition) is 2. The summed E-state index contributed by atoms with van der Waals surface area (Å²) < 4.78 is 0. The SMILES string of the molecule is CCN(CC(C)(C)CN)C(=O)Nc1cc(Cl)cc(Cl)c1. The van der Waals surface area contributed by atoms with Crippen molar-refractivity contribution in [1.82, 2.24) is 4.90 Å². The molecule has 0 radical (unpaired) electrons. The highest BCUT2D eigenvalue weighted by atomic mass is 35.5. The Morgan fingerprint density at radius 1 is 1.30 bits per heavy atom. The molecule has 3 N–H and O–H groups in total. The Morgan fingerprint density at radius 2 is 1.85 bits per heavy atom. The molecule has 0 fully saturated rings. The molecule has 2 amide bonds. The lowest BCUT2D eigenvalue weighted by molar-refractivity contribution is 0.185. The summed E-state index contributed by atoms with van der Waals surface area (Å²) in [6, 6.07) is 4.75. The van der Waals surface area contributed by atoms with Crippen molar-refractivity contribution in [2.45, 2.75) is 20.8 Å². The van der Waals surface area contributed by atoms with Gasteiger partial charge in [0, 0.05) is 28.8 Å².